The molecule has 21 heavy (non-hydrogen) atoms. The number of hydrogen-bond acceptors (Lipinski definition) is 2. The van der Waals surface area contributed by atoms with Crippen LogP contribution in [-0.2, 0) is 0 Å². The zero-order valence-electron chi connectivity index (χ0n) is 13.9. The van der Waals surface area contributed by atoms with Crippen molar-refractivity contribution < 1.29 is 13.2 Å². The molecule has 0 heterocycles. The van der Waals surface area contributed by atoms with Crippen LogP contribution in [0.2, 0.25) is 0 Å². The summed E-state index contributed by atoms with van der Waals surface area (Å²) in [6.07, 6.45) is 0.284. The van der Waals surface area contributed by atoms with E-state index in [2.05, 4.69) is 26.1 Å². The second-order valence-electron chi connectivity index (χ2n) is 7.51. The Morgan fingerprint density at radius 1 is 1.33 bits per heavy atom. The maximum absolute atomic E-state index is 12.6. The van der Waals surface area contributed by atoms with Crippen LogP contribution < -0.4 is 5.32 Å². The topological polar surface area (TPSA) is 15.3 Å². The summed E-state index contributed by atoms with van der Waals surface area (Å²) in [5, 5.41) is 3.48. The average Bonchev–Trinajstić information content (AvgIpc) is 2.24. The van der Waals surface area contributed by atoms with E-state index in [9.17, 15) is 13.2 Å². The van der Waals surface area contributed by atoms with Gasteiger partial charge in [0.15, 0.2) is 0 Å². The molecule has 0 saturated heterocycles. The van der Waals surface area contributed by atoms with Crippen LogP contribution in [0.4, 0.5) is 13.2 Å². The zero-order chi connectivity index (χ0) is 16.1. The molecule has 0 aromatic heterocycles. The van der Waals surface area contributed by atoms with Gasteiger partial charge in [-0.1, -0.05) is 33.6 Å². The standard InChI is InChI=1S/C16H31F3N2/c1-13(2)9-20-10-15(7-5-6-14(3)8-15)11-21(4)12-16(17,18)19/h13-14,20H,5-12H2,1-4H3. The first-order valence-corrected chi connectivity index (χ1v) is 8.08. The van der Waals surface area contributed by atoms with Gasteiger partial charge in [0, 0.05) is 13.1 Å². The second kappa shape index (κ2) is 7.82. The summed E-state index contributed by atoms with van der Waals surface area (Å²) < 4.78 is 37.7. The third kappa shape index (κ3) is 7.50. The van der Waals surface area contributed by atoms with Gasteiger partial charge < -0.3 is 5.32 Å². The highest BCUT2D eigenvalue weighted by Crippen LogP contribution is 2.39. The van der Waals surface area contributed by atoms with Crippen molar-refractivity contribution in [1.82, 2.24) is 10.2 Å². The molecular weight excluding hydrogens is 277 g/mol. The maximum Gasteiger partial charge on any atom is 0.401 e. The Kier molecular flexibility index (Phi) is 6.98. The lowest BCUT2D eigenvalue weighted by molar-refractivity contribution is -0.146. The van der Waals surface area contributed by atoms with E-state index >= 15 is 0 Å². The lowest BCUT2D eigenvalue weighted by atomic mass is 9.69. The minimum absolute atomic E-state index is 0.00738. The van der Waals surface area contributed by atoms with Crippen LogP contribution in [0.15, 0.2) is 0 Å². The van der Waals surface area contributed by atoms with E-state index in [1.54, 1.807) is 7.05 Å². The van der Waals surface area contributed by atoms with E-state index in [0.29, 0.717) is 18.4 Å². The highest BCUT2D eigenvalue weighted by Gasteiger charge is 2.38. The SMILES string of the molecule is CC(C)CNCC1(CN(C)CC(F)(F)F)CCCC(C)C1. The third-order valence-corrected chi connectivity index (χ3v) is 4.29. The van der Waals surface area contributed by atoms with Crippen LogP contribution in [-0.4, -0.2) is 44.3 Å². The number of alkyl halides is 3. The molecule has 1 N–H and O–H groups in total. The number of nitrogens with one attached hydrogen (secondary N) is 1. The quantitative estimate of drug-likeness (QED) is 0.767. The van der Waals surface area contributed by atoms with Crippen LogP contribution in [0, 0.1) is 17.3 Å². The summed E-state index contributed by atoms with van der Waals surface area (Å²) in [5.74, 6) is 1.18. The molecule has 126 valence electrons. The maximum atomic E-state index is 12.6. The van der Waals surface area contributed by atoms with E-state index in [0.717, 1.165) is 32.4 Å². The molecule has 0 aromatic rings. The van der Waals surface area contributed by atoms with E-state index in [-0.39, 0.29) is 5.41 Å². The van der Waals surface area contributed by atoms with Gasteiger partial charge in [-0.15, -0.1) is 0 Å². The van der Waals surface area contributed by atoms with Gasteiger partial charge in [-0.25, -0.2) is 0 Å². The predicted molar refractivity (Wildman–Crippen MR) is 81.3 cm³/mol. The van der Waals surface area contributed by atoms with Crippen LogP contribution in [0.5, 0.6) is 0 Å². The molecule has 0 aromatic carbocycles. The molecular formula is C16H31F3N2. The molecule has 2 atom stereocenters. The largest absolute Gasteiger partial charge is 0.401 e. The Morgan fingerprint density at radius 2 is 2.00 bits per heavy atom. The zero-order valence-corrected chi connectivity index (χ0v) is 13.9. The first-order valence-electron chi connectivity index (χ1n) is 8.08. The average molecular weight is 308 g/mol. The Morgan fingerprint density at radius 3 is 2.52 bits per heavy atom. The van der Waals surface area contributed by atoms with Crippen LogP contribution in [0.3, 0.4) is 0 Å². The summed E-state index contributed by atoms with van der Waals surface area (Å²) in [7, 11) is 1.59. The number of rotatable bonds is 7. The number of nitrogens with zero attached hydrogens (tertiary/aromatic N) is 1. The highest BCUT2D eigenvalue weighted by molar-refractivity contribution is 4.90. The molecule has 1 rings (SSSR count). The van der Waals surface area contributed by atoms with Crippen molar-refractivity contribution in [2.45, 2.75) is 52.6 Å². The van der Waals surface area contributed by atoms with Gasteiger partial charge in [0.05, 0.1) is 6.54 Å². The lowest BCUT2D eigenvalue weighted by Gasteiger charge is -2.43. The van der Waals surface area contributed by atoms with E-state index < -0.39 is 12.7 Å². The lowest BCUT2D eigenvalue weighted by Crippen LogP contribution is -2.48. The van der Waals surface area contributed by atoms with Crippen molar-refractivity contribution in [2.24, 2.45) is 17.3 Å². The minimum Gasteiger partial charge on any atom is -0.316 e. The van der Waals surface area contributed by atoms with Crippen molar-refractivity contribution in [3.8, 4) is 0 Å². The molecule has 0 spiro atoms. The number of hydrogen-bond donors (Lipinski definition) is 1. The molecule has 1 aliphatic carbocycles. The monoisotopic (exact) mass is 308 g/mol. The fourth-order valence-electron chi connectivity index (χ4n) is 3.69. The van der Waals surface area contributed by atoms with Crippen molar-refractivity contribution in [3.05, 3.63) is 0 Å². The molecule has 1 fully saturated rings. The fourth-order valence-corrected chi connectivity index (χ4v) is 3.69. The van der Waals surface area contributed by atoms with Gasteiger partial charge in [-0.05, 0) is 43.7 Å². The fraction of sp³-hybridized carbons (Fsp3) is 1.00. The Hall–Kier alpha value is -0.290. The van der Waals surface area contributed by atoms with Crippen molar-refractivity contribution in [1.29, 1.82) is 0 Å². The minimum atomic E-state index is -4.11. The van der Waals surface area contributed by atoms with Gasteiger partial charge in [-0.3, -0.25) is 4.90 Å². The molecule has 0 amide bonds. The van der Waals surface area contributed by atoms with E-state index in [4.69, 9.17) is 0 Å². The summed E-state index contributed by atoms with van der Waals surface area (Å²) in [4.78, 5) is 1.45. The summed E-state index contributed by atoms with van der Waals surface area (Å²) in [5.41, 5.74) is -0.00738. The summed E-state index contributed by atoms with van der Waals surface area (Å²) in [6.45, 7) is 8.00. The molecule has 0 radical (unpaired) electrons. The van der Waals surface area contributed by atoms with E-state index in [1.807, 2.05) is 0 Å². The normalized spacial score (nSPS) is 27.6. The molecule has 2 nitrogen and oxygen atoms in total. The third-order valence-electron chi connectivity index (χ3n) is 4.29. The van der Waals surface area contributed by atoms with Gasteiger partial charge in [-0.2, -0.15) is 13.2 Å². The van der Waals surface area contributed by atoms with Crippen molar-refractivity contribution in [3.63, 3.8) is 0 Å². The van der Waals surface area contributed by atoms with Gasteiger partial charge in [0.1, 0.15) is 0 Å². The van der Waals surface area contributed by atoms with Crippen molar-refractivity contribution >= 4 is 0 Å². The predicted octanol–water partition coefficient (Wildman–Crippen LogP) is 3.92. The first-order chi connectivity index (χ1) is 9.62. The van der Waals surface area contributed by atoms with Crippen molar-refractivity contribution in [2.75, 3.05) is 33.2 Å². The van der Waals surface area contributed by atoms with Gasteiger partial charge in [0.2, 0.25) is 0 Å². The Labute approximate surface area is 127 Å². The molecule has 1 aliphatic rings. The smallest absolute Gasteiger partial charge is 0.316 e. The van der Waals surface area contributed by atoms with E-state index in [1.165, 1.54) is 11.3 Å². The molecule has 0 aliphatic heterocycles. The summed E-state index contributed by atoms with van der Waals surface area (Å²) >= 11 is 0. The molecule has 5 heteroatoms. The van der Waals surface area contributed by atoms with Crippen LogP contribution >= 0.6 is 0 Å². The van der Waals surface area contributed by atoms with Crippen LogP contribution in [0.1, 0.15) is 46.5 Å². The van der Waals surface area contributed by atoms with Gasteiger partial charge in [0.25, 0.3) is 0 Å². The van der Waals surface area contributed by atoms with Gasteiger partial charge >= 0.3 is 6.18 Å². The highest BCUT2D eigenvalue weighted by atomic mass is 19.4. The summed E-state index contributed by atoms with van der Waals surface area (Å²) in [6, 6.07) is 0. The Bertz CT molecular complexity index is 304. The molecule has 1 saturated carbocycles. The Balaban J connectivity index is 2.63. The number of halogens is 3. The molecule has 2 unspecified atom stereocenters. The molecule has 0 bridgehead atoms. The van der Waals surface area contributed by atoms with Crippen LogP contribution in [0.25, 0.3) is 0 Å². The first kappa shape index (κ1) is 18.8. The second-order valence-corrected chi connectivity index (χ2v) is 7.51.